The molecule has 3 aromatic rings. The molecule has 1 amide bonds. The maximum atomic E-state index is 13.6. The summed E-state index contributed by atoms with van der Waals surface area (Å²) >= 11 is 0. The molecule has 33 heavy (non-hydrogen) atoms. The zero-order valence-corrected chi connectivity index (χ0v) is 19.0. The third kappa shape index (κ3) is 5.41. The van der Waals surface area contributed by atoms with E-state index in [2.05, 4.69) is 40.2 Å². The van der Waals surface area contributed by atoms with Gasteiger partial charge in [0.2, 0.25) is 0 Å². The Bertz CT molecular complexity index is 1100. The summed E-state index contributed by atoms with van der Waals surface area (Å²) in [6, 6.07) is 18.5. The molecule has 1 aromatic heterocycles. The van der Waals surface area contributed by atoms with Gasteiger partial charge in [-0.05, 0) is 41.8 Å². The summed E-state index contributed by atoms with van der Waals surface area (Å²) in [6.45, 7) is 6.69. The first-order valence-electron chi connectivity index (χ1n) is 11.8. The molecule has 0 N–H and O–H groups in total. The summed E-state index contributed by atoms with van der Waals surface area (Å²) in [5, 5.41) is 1.15. The standard InChI is InChI=1S/C27H31N3O3/c31-27(25-6-2-1-4-24(25)19-29-10-13-32-14-11-29)30-12-15-33-20-22(18-30)16-21-7-8-26-23(17-21)5-3-9-28-26/h1-9,17,22H,10-16,18-20H2/t22-/m1/s1. The molecule has 3 heterocycles. The van der Waals surface area contributed by atoms with Gasteiger partial charge < -0.3 is 14.4 Å². The summed E-state index contributed by atoms with van der Waals surface area (Å²) < 4.78 is 11.4. The second kappa shape index (κ2) is 10.4. The third-order valence-electron chi connectivity index (χ3n) is 6.56. The number of aromatic nitrogens is 1. The number of amides is 1. The highest BCUT2D eigenvalue weighted by Crippen LogP contribution is 2.21. The van der Waals surface area contributed by atoms with Crippen molar-refractivity contribution < 1.29 is 14.3 Å². The summed E-state index contributed by atoms with van der Waals surface area (Å²) in [7, 11) is 0. The third-order valence-corrected chi connectivity index (χ3v) is 6.56. The summed E-state index contributed by atoms with van der Waals surface area (Å²) in [6.07, 6.45) is 2.70. The van der Waals surface area contributed by atoms with E-state index in [1.807, 2.05) is 35.4 Å². The normalized spacial score (nSPS) is 20.0. The molecule has 0 radical (unpaired) electrons. The fraction of sp³-hybridized carbons (Fsp3) is 0.407. The fourth-order valence-electron chi connectivity index (χ4n) is 4.81. The van der Waals surface area contributed by atoms with E-state index in [9.17, 15) is 4.79 Å². The first-order valence-corrected chi connectivity index (χ1v) is 11.8. The highest BCUT2D eigenvalue weighted by Gasteiger charge is 2.25. The number of hydrogen-bond donors (Lipinski definition) is 0. The Morgan fingerprint density at radius 3 is 2.73 bits per heavy atom. The van der Waals surface area contributed by atoms with Crippen molar-refractivity contribution in [3.05, 3.63) is 77.5 Å². The number of nitrogens with zero attached hydrogens (tertiary/aromatic N) is 3. The van der Waals surface area contributed by atoms with Crippen LogP contribution in [0.4, 0.5) is 0 Å². The van der Waals surface area contributed by atoms with E-state index in [4.69, 9.17) is 9.47 Å². The van der Waals surface area contributed by atoms with Crippen LogP contribution in [0.3, 0.4) is 0 Å². The Kier molecular flexibility index (Phi) is 6.95. The number of carbonyl (C=O) groups is 1. The van der Waals surface area contributed by atoms with E-state index in [1.54, 1.807) is 0 Å². The first kappa shape index (κ1) is 22.0. The minimum Gasteiger partial charge on any atom is -0.379 e. The van der Waals surface area contributed by atoms with Crippen molar-refractivity contribution in [2.45, 2.75) is 13.0 Å². The van der Waals surface area contributed by atoms with Gasteiger partial charge in [-0.25, -0.2) is 0 Å². The lowest BCUT2D eigenvalue weighted by atomic mass is 9.97. The highest BCUT2D eigenvalue weighted by atomic mass is 16.5. The minimum atomic E-state index is 0.108. The van der Waals surface area contributed by atoms with Gasteiger partial charge in [0.1, 0.15) is 0 Å². The molecule has 1 atom stereocenters. The molecule has 0 unspecified atom stereocenters. The predicted molar refractivity (Wildman–Crippen MR) is 128 cm³/mol. The number of morpholine rings is 1. The van der Waals surface area contributed by atoms with Gasteiger partial charge in [0, 0.05) is 55.8 Å². The van der Waals surface area contributed by atoms with E-state index in [0.29, 0.717) is 26.3 Å². The number of fused-ring (bicyclic) bond motifs is 1. The molecule has 5 rings (SSSR count). The topological polar surface area (TPSA) is 54.9 Å². The monoisotopic (exact) mass is 445 g/mol. The van der Waals surface area contributed by atoms with Crippen molar-refractivity contribution in [2.24, 2.45) is 5.92 Å². The lowest BCUT2D eigenvalue weighted by Gasteiger charge is -2.28. The van der Waals surface area contributed by atoms with Crippen molar-refractivity contribution in [2.75, 3.05) is 52.6 Å². The molecule has 2 saturated heterocycles. The number of ether oxygens (including phenoxy) is 2. The van der Waals surface area contributed by atoms with Crippen LogP contribution in [-0.2, 0) is 22.4 Å². The van der Waals surface area contributed by atoms with Crippen molar-refractivity contribution >= 4 is 16.8 Å². The molecule has 2 fully saturated rings. The van der Waals surface area contributed by atoms with Crippen molar-refractivity contribution in [3.63, 3.8) is 0 Å². The van der Waals surface area contributed by atoms with Crippen LogP contribution < -0.4 is 0 Å². The number of rotatable bonds is 5. The number of hydrogen-bond acceptors (Lipinski definition) is 5. The quantitative estimate of drug-likeness (QED) is 0.603. The molecular formula is C27H31N3O3. The van der Waals surface area contributed by atoms with Gasteiger partial charge in [0.05, 0.1) is 31.9 Å². The largest absolute Gasteiger partial charge is 0.379 e. The summed E-state index contributed by atoms with van der Waals surface area (Å²) in [5.74, 6) is 0.369. The predicted octanol–water partition coefficient (Wildman–Crippen LogP) is 3.40. The van der Waals surface area contributed by atoms with Crippen molar-refractivity contribution in [1.29, 1.82) is 0 Å². The van der Waals surface area contributed by atoms with E-state index in [-0.39, 0.29) is 11.8 Å². The summed E-state index contributed by atoms with van der Waals surface area (Å²) in [5.41, 5.74) is 4.16. The maximum absolute atomic E-state index is 13.6. The van der Waals surface area contributed by atoms with Gasteiger partial charge in [-0.3, -0.25) is 14.7 Å². The molecule has 6 nitrogen and oxygen atoms in total. The van der Waals surface area contributed by atoms with Crippen LogP contribution in [0.5, 0.6) is 0 Å². The van der Waals surface area contributed by atoms with Crippen LogP contribution in [0, 0.1) is 5.92 Å². The second-order valence-corrected chi connectivity index (χ2v) is 8.97. The molecule has 0 bridgehead atoms. The van der Waals surface area contributed by atoms with Crippen molar-refractivity contribution in [1.82, 2.24) is 14.8 Å². The van der Waals surface area contributed by atoms with Gasteiger partial charge in [-0.2, -0.15) is 0 Å². The van der Waals surface area contributed by atoms with Crippen LogP contribution in [0.1, 0.15) is 21.5 Å². The highest BCUT2D eigenvalue weighted by molar-refractivity contribution is 5.95. The smallest absolute Gasteiger partial charge is 0.254 e. The Labute approximate surface area is 195 Å². The molecule has 2 aliphatic heterocycles. The maximum Gasteiger partial charge on any atom is 0.254 e. The Morgan fingerprint density at radius 1 is 0.970 bits per heavy atom. The Hall–Kier alpha value is -2.80. The summed E-state index contributed by atoms with van der Waals surface area (Å²) in [4.78, 5) is 22.4. The minimum absolute atomic E-state index is 0.108. The number of pyridine rings is 1. The van der Waals surface area contributed by atoms with Crippen LogP contribution in [0.15, 0.2) is 60.8 Å². The van der Waals surface area contributed by atoms with E-state index >= 15 is 0 Å². The van der Waals surface area contributed by atoms with Gasteiger partial charge in [0.25, 0.3) is 5.91 Å². The molecule has 2 aliphatic rings. The van der Waals surface area contributed by atoms with Gasteiger partial charge in [-0.1, -0.05) is 30.3 Å². The van der Waals surface area contributed by atoms with Gasteiger partial charge in [-0.15, -0.1) is 0 Å². The van der Waals surface area contributed by atoms with E-state index < -0.39 is 0 Å². The van der Waals surface area contributed by atoms with Crippen LogP contribution in [0.25, 0.3) is 10.9 Å². The average molecular weight is 446 g/mol. The van der Waals surface area contributed by atoms with Gasteiger partial charge in [0.15, 0.2) is 0 Å². The molecular weight excluding hydrogens is 414 g/mol. The lowest BCUT2D eigenvalue weighted by Crippen LogP contribution is -2.38. The average Bonchev–Trinajstić information content (AvgIpc) is 3.10. The lowest BCUT2D eigenvalue weighted by molar-refractivity contribution is 0.0339. The molecule has 172 valence electrons. The first-order chi connectivity index (χ1) is 16.3. The Morgan fingerprint density at radius 2 is 1.82 bits per heavy atom. The van der Waals surface area contributed by atoms with Gasteiger partial charge >= 0.3 is 0 Å². The van der Waals surface area contributed by atoms with E-state index in [1.165, 1.54) is 5.56 Å². The molecule has 0 saturated carbocycles. The zero-order valence-electron chi connectivity index (χ0n) is 19.0. The van der Waals surface area contributed by atoms with Crippen LogP contribution in [-0.4, -0.2) is 73.3 Å². The molecule has 2 aromatic carbocycles. The second-order valence-electron chi connectivity index (χ2n) is 8.97. The van der Waals surface area contributed by atoms with Crippen molar-refractivity contribution in [3.8, 4) is 0 Å². The molecule has 0 spiro atoms. The Balaban J connectivity index is 1.30. The molecule has 6 heteroatoms. The fourth-order valence-corrected chi connectivity index (χ4v) is 4.81. The zero-order chi connectivity index (χ0) is 22.5. The van der Waals surface area contributed by atoms with Crippen LogP contribution >= 0.6 is 0 Å². The number of benzene rings is 2. The SMILES string of the molecule is O=C(c1ccccc1CN1CCOCC1)N1CCOC[C@H](Cc2ccc3ncccc3c2)C1. The van der Waals surface area contributed by atoms with Crippen LogP contribution in [0.2, 0.25) is 0 Å². The number of carbonyl (C=O) groups excluding carboxylic acids is 1. The van der Waals surface area contributed by atoms with E-state index in [0.717, 1.165) is 61.3 Å². The molecule has 0 aliphatic carbocycles.